The van der Waals surface area contributed by atoms with E-state index >= 15 is 0 Å². The summed E-state index contributed by atoms with van der Waals surface area (Å²) in [6.07, 6.45) is 3.56. The van der Waals surface area contributed by atoms with Crippen molar-refractivity contribution in [3.8, 4) is 6.07 Å². The van der Waals surface area contributed by atoms with Gasteiger partial charge in [0.1, 0.15) is 6.07 Å². The number of aryl methyl sites for hydroxylation is 1. The van der Waals surface area contributed by atoms with E-state index in [2.05, 4.69) is 16.7 Å². The Morgan fingerprint density at radius 3 is 2.95 bits per heavy atom. The monoisotopic (exact) mass is 257 g/mol. The molecule has 0 aliphatic heterocycles. The summed E-state index contributed by atoms with van der Waals surface area (Å²) in [6, 6.07) is 8.30. The largest absolute Gasteiger partial charge is 0.384 e. The van der Waals surface area contributed by atoms with Crippen LogP contribution >= 0.6 is 0 Å². The van der Waals surface area contributed by atoms with Gasteiger partial charge in [-0.25, -0.2) is 0 Å². The van der Waals surface area contributed by atoms with Gasteiger partial charge < -0.3 is 10.6 Å². The summed E-state index contributed by atoms with van der Waals surface area (Å²) in [5.41, 5.74) is 2.62. The maximum Gasteiger partial charge on any atom is 0.220 e. The standard InChI is InChI=1S/C15H19N3O/c1-11-4-5-12(10-16)14(9-11)17-8-2-3-15(19)18-13-6-7-13/h4-5,9,13,17H,2-3,6-8H2,1H3,(H,18,19). The molecule has 0 spiro atoms. The van der Waals surface area contributed by atoms with Crippen molar-refractivity contribution in [1.82, 2.24) is 5.32 Å². The Hall–Kier alpha value is -2.02. The molecule has 1 aliphatic rings. The van der Waals surface area contributed by atoms with E-state index in [-0.39, 0.29) is 5.91 Å². The van der Waals surface area contributed by atoms with E-state index in [0.717, 1.165) is 30.5 Å². The van der Waals surface area contributed by atoms with Crippen LogP contribution in [0.15, 0.2) is 18.2 Å². The average Bonchev–Trinajstić information content (AvgIpc) is 3.19. The van der Waals surface area contributed by atoms with Crippen molar-refractivity contribution in [2.24, 2.45) is 0 Å². The molecule has 1 aromatic rings. The molecule has 1 saturated carbocycles. The third-order valence-electron chi connectivity index (χ3n) is 3.13. The fourth-order valence-electron chi connectivity index (χ4n) is 1.90. The number of nitriles is 1. The second-order valence-electron chi connectivity index (χ2n) is 5.03. The van der Waals surface area contributed by atoms with E-state index in [1.54, 1.807) is 0 Å². The van der Waals surface area contributed by atoms with E-state index in [4.69, 9.17) is 5.26 Å². The van der Waals surface area contributed by atoms with Crippen molar-refractivity contribution in [3.63, 3.8) is 0 Å². The molecule has 0 radical (unpaired) electrons. The molecular formula is C15H19N3O. The minimum Gasteiger partial charge on any atom is -0.384 e. The molecule has 1 fully saturated rings. The zero-order valence-corrected chi connectivity index (χ0v) is 11.2. The molecule has 4 nitrogen and oxygen atoms in total. The van der Waals surface area contributed by atoms with E-state index in [1.807, 2.05) is 25.1 Å². The summed E-state index contributed by atoms with van der Waals surface area (Å²) >= 11 is 0. The van der Waals surface area contributed by atoms with Gasteiger partial charge in [0.2, 0.25) is 5.91 Å². The molecular weight excluding hydrogens is 238 g/mol. The van der Waals surface area contributed by atoms with Crippen LogP contribution in [0.2, 0.25) is 0 Å². The molecule has 0 heterocycles. The van der Waals surface area contributed by atoms with Crippen molar-refractivity contribution >= 4 is 11.6 Å². The van der Waals surface area contributed by atoms with Crippen molar-refractivity contribution in [2.75, 3.05) is 11.9 Å². The summed E-state index contributed by atoms with van der Waals surface area (Å²) in [6.45, 7) is 2.70. The van der Waals surface area contributed by atoms with Gasteiger partial charge in [0.25, 0.3) is 0 Å². The Morgan fingerprint density at radius 1 is 1.47 bits per heavy atom. The normalized spacial score (nSPS) is 13.7. The fourth-order valence-corrected chi connectivity index (χ4v) is 1.90. The van der Waals surface area contributed by atoms with Crippen molar-refractivity contribution in [3.05, 3.63) is 29.3 Å². The van der Waals surface area contributed by atoms with Crippen LogP contribution in [0.5, 0.6) is 0 Å². The Kier molecular flexibility index (Phi) is 4.40. The molecule has 4 heteroatoms. The first-order chi connectivity index (χ1) is 9.19. The van der Waals surface area contributed by atoms with Gasteiger partial charge in [-0.2, -0.15) is 5.26 Å². The lowest BCUT2D eigenvalue weighted by Gasteiger charge is -2.09. The first kappa shape index (κ1) is 13.4. The number of rotatable bonds is 6. The zero-order chi connectivity index (χ0) is 13.7. The summed E-state index contributed by atoms with van der Waals surface area (Å²) in [5.74, 6) is 0.133. The number of hydrogen-bond donors (Lipinski definition) is 2. The van der Waals surface area contributed by atoms with Crippen LogP contribution < -0.4 is 10.6 Å². The van der Waals surface area contributed by atoms with Crippen LogP contribution in [-0.4, -0.2) is 18.5 Å². The van der Waals surface area contributed by atoms with Gasteiger partial charge in [0.15, 0.2) is 0 Å². The predicted molar refractivity (Wildman–Crippen MR) is 74.8 cm³/mol. The van der Waals surface area contributed by atoms with E-state index in [0.29, 0.717) is 24.6 Å². The van der Waals surface area contributed by atoms with Gasteiger partial charge >= 0.3 is 0 Å². The topological polar surface area (TPSA) is 64.9 Å². The lowest BCUT2D eigenvalue weighted by Crippen LogP contribution is -2.25. The van der Waals surface area contributed by atoms with Gasteiger partial charge in [0.05, 0.1) is 11.3 Å². The van der Waals surface area contributed by atoms with E-state index in [1.165, 1.54) is 0 Å². The highest BCUT2D eigenvalue weighted by Gasteiger charge is 2.22. The quantitative estimate of drug-likeness (QED) is 0.769. The Morgan fingerprint density at radius 2 is 2.26 bits per heavy atom. The molecule has 0 bridgehead atoms. The van der Waals surface area contributed by atoms with Crippen LogP contribution in [0, 0.1) is 18.3 Å². The molecule has 0 aromatic heterocycles. The highest BCUT2D eigenvalue weighted by Crippen LogP contribution is 2.19. The molecule has 1 aromatic carbocycles. The molecule has 1 aliphatic carbocycles. The lowest BCUT2D eigenvalue weighted by molar-refractivity contribution is -0.121. The molecule has 0 atom stereocenters. The van der Waals surface area contributed by atoms with Crippen LogP contribution in [0.3, 0.4) is 0 Å². The van der Waals surface area contributed by atoms with Crippen LogP contribution in [0.1, 0.15) is 36.8 Å². The second-order valence-corrected chi connectivity index (χ2v) is 5.03. The number of carbonyl (C=O) groups excluding carboxylic acids is 1. The maximum atomic E-state index is 11.5. The van der Waals surface area contributed by atoms with Gasteiger partial charge in [-0.05, 0) is 43.9 Å². The number of benzene rings is 1. The Bertz CT molecular complexity index is 501. The first-order valence-electron chi connectivity index (χ1n) is 6.73. The van der Waals surface area contributed by atoms with Crippen LogP contribution in [0.4, 0.5) is 5.69 Å². The minimum absolute atomic E-state index is 0.133. The molecule has 0 saturated heterocycles. The molecule has 100 valence electrons. The number of carbonyl (C=O) groups is 1. The molecule has 0 unspecified atom stereocenters. The van der Waals surface area contributed by atoms with Gasteiger partial charge in [-0.3, -0.25) is 4.79 Å². The van der Waals surface area contributed by atoms with Crippen molar-refractivity contribution in [1.29, 1.82) is 5.26 Å². The smallest absolute Gasteiger partial charge is 0.220 e. The van der Waals surface area contributed by atoms with Gasteiger partial charge in [0, 0.05) is 19.0 Å². The van der Waals surface area contributed by atoms with Crippen LogP contribution in [0.25, 0.3) is 0 Å². The molecule has 2 N–H and O–H groups in total. The lowest BCUT2D eigenvalue weighted by atomic mass is 10.1. The van der Waals surface area contributed by atoms with E-state index in [9.17, 15) is 4.79 Å². The molecule has 1 amide bonds. The van der Waals surface area contributed by atoms with Crippen LogP contribution in [-0.2, 0) is 4.79 Å². The average molecular weight is 257 g/mol. The summed E-state index contributed by atoms with van der Waals surface area (Å²) in [5, 5.41) is 15.2. The predicted octanol–water partition coefficient (Wildman–Crippen LogP) is 2.34. The SMILES string of the molecule is Cc1ccc(C#N)c(NCCCC(=O)NC2CC2)c1. The fraction of sp³-hybridized carbons (Fsp3) is 0.467. The number of hydrogen-bond acceptors (Lipinski definition) is 3. The summed E-state index contributed by atoms with van der Waals surface area (Å²) < 4.78 is 0. The van der Waals surface area contributed by atoms with Gasteiger partial charge in [-0.1, -0.05) is 6.07 Å². The minimum atomic E-state index is 0.133. The Balaban J connectivity index is 1.74. The highest BCUT2D eigenvalue weighted by molar-refractivity contribution is 5.76. The number of amides is 1. The third kappa shape index (κ3) is 4.29. The zero-order valence-electron chi connectivity index (χ0n) is 11.2. The molecule has 19 heavy (non-hydrogen) atoms. The maximum absolute atomic E-state index is 11.5. The third-order valence-corrected chi connectivity index (χ3v) is 3.13. The number of anilines is 1. The summed E-state index contributed by atoms with van der Waals surface area (Å²) in [7, 11) is 0. The van der Waals surface area contributed by atoms with E-state index < -0.39 is 0 Å². The number of nitrogens with zero attached hydrogens (tertiary/aromatic N) is 1. The molecule has 2 rings (SSSR count). The summed E-state index contributed by atoms with van der Waals surface area (Å²) in [4.78, 5) is 11.5. The van der Waals surface area contributed by atoms with Crippen molar-refractivity contribution in [2.45, 2.75) is 38.6 Å². The van der Waals surface area contributed by atoms with Gasteiger partial charge in [-0.15, -0.1) is 0 Å². The highest BCUT2D eigenvalue weighted by atomic mass is 16.1. The number of nitrogens with one attached hydrogen (secondary N) is 2. The second kappa shape index (κ2) is 6.24. The van der Waals surface area contributed by atoms with Crippen molar-refractivity contribution < 1.29 is 4.79 Å². The first-order valence-corrected chi connectivity index (χ1v) is 6.73. The Labute approximate surface area is 113 Å².